The zero-order valence-corrected chi connectivity index (χ0v) is 19.9. The normalized spacial score (nSPS) is 12.3. The van der Waals surface area contributed by atoms with Crippen LogP contribution in [0.4, 0.5) is 14.5 Å². The molecule has 0 fully saturated rings. The van der Waals surface area contributed by atoms with Gasteiger partial charge in [-0.05, 0) is 43.3 Å². The lowest BCUT2D eigenvalue weighted by atomic mass is 10.1. The number of ether oxygens (including phenoxy) is 2. The molecule has 1 aliphatic rings. The van der Waals surface area contributed by atoms with Crippen LogP contribution in [-0.2, 0) is 6.42 Å². The number of anilines is 1. The second kappa shape index (κ2) is 9.11. The zero-order chi connectivity index (χ0) is 26.4. The molecule has 6 rings (SSSR count). The van der Waals surface area contributed by atoms with Gasteiger partial charge in [0, 0.05) is 47.9 Å². The van der Waals surface area contributed by atoms with E-state index in [2.05, 4.69) is 20.3 Å². The number of nitrogens with one attached hydrogen (secondary N) is 2. The van der Waals surface area contributed by atoms with Gasteiger partial charge in [-0.25, -0.2) is 18.7 Å². The number of carbonyl (C=O) groups excluding carboxylic acids is 1. The van der Waals surface area contributed by atoms with Gasteiger partial charge in [-0.15, -0.1) is 0 Å². The van der Waals surface area contributed by atoms with E-state index < -0.39 is 23.1 Å². The van der Waals surface area contributed by atoms with Gasteiger partial charge in [0.15, 0.2) is 23.0 Å². The highest BCUT2D eigenvalue weighted by molar-refractivity contribution is 6.06. The molecule has 0 saturated heterocycles. The van der Waals surface area contributed by atoms with Crippen LogP contribution in [-0.4, -0.2) is 32.0 Å². The third kappa shape index (κ3) is 4.13. The van der Waals surface area contributed by atoms with Gasteiger partial charge >= 0.3 is 0 Å². The number of benzene rings is 2. The molecule has 1 aliphatic heterocycles. The number of nitrogens with zero attached hydrogens (tertiary/aromatic N) is 3. The van der Waals surface area contributed by atoms with Crippen LogP contribution in [0.3, 0.4) is 0 Å². The highest BCUT2D eigenvalue weighted by Gasteiger charge is 2.27. The Kier molecular flexibility index (Phi) is 5.60. The van der Waals surface area contributed by atoms with Gasteiger partial charge in [0.2, 0.25) is 0 Å². The van der Waals surface area contributed by atoms with E-state index in [0.717, 1.165) is 6.07 Å². The van der Waals surface area contributed by atoms with Crippen molar-refractivity contribution >= 4 is 22.8 Å². The van der Waals surface area contributed by atoms with Crippen LogP contribution in [0, 0.1) is 18.6 Å². The number of hydrogen-bond donors (Lipinski definition) is 2. The van der Waals surface area contributed by atoms with E-state index in [0.29, 0.717) is 47.0 Å². The smallest absolute Gasteiger partial charge is 0.271 e. The van der Waals surface area contributed by atoms with E-state index in [1.54, 1.807) is 19.2 Å². The number of fused-ring (bicyclic) bond motifs is 2. The lowest BCUT2D eigenvalue weighted by molar-refractivity contribution is 0.102. The topological polar surface area (TPSA) is 111 Å². The molecule has 0 radical (unpaired) electrons. The van der Waals surface area contributed by atoms with E-state index in [1.165, 1.54) is 47.2 Å². The van der Waals surface area contributed by atoms with E-state index in [1.807, 2.05) is 0 Å². The molecule has 3 aromatic heterocycles. The fraction of sp³-hybridized carbons (Fsp3) is 0.111. The first-order chi connectivity index (χ1) is 18.4. The molecule has 0 bridgehead atoms. The van der Waals surface area contributed by atoms with Crippen LogP contribution in [0.25, 0.3) is 16.9 Å². The highest BCUT2D eigenvalue weighted by atomic mass is 19.1. The quantitative estimate of drug-likeness (QED) is 0.352. The molecule has 5 aromatic rings. The Hall–Kier alpha value is -5.06. The molecule has 4 heterocycles. The summed E-state index contributed by atoms with van der Waals surface area (Å²) in [7, 11) is 0. The number of rotatable bonds is 5. The number of imidazole rings is 1. The summed E-state index contributed by atoms with van der Waals surface area (Å²) in [4.78, 5) is 37.9. The molecular weight excluding hydrogens is 496 g/mol. The lowest BCUT2D eigenvalue weighted by Gasteiger charge is -2.13. The van der Waals surface area contributed by atoms with Gasteiger partial charge in [-0.3, -0.25) is 14.2 Å². The van der Waals surface area contributed by atoms with Crippen LogP contribution in [0.2, 0.25) is 0 Å². The number of amides is 1. The van der Waals surface area contributed by atoms with Crippen molar-refractivity contribution in [3.05, 3.63) is 99.9 Å². The predicted octanol–water partition coefficient (Wildman–Crippen LogP) is 4.67. The number of aromatic nitrogens is 4. The first-order valence-corrected chi connectivity index (χ1v) is 11.6. The molecule has 2 N–H and O–H groups in total. The number of aromatic amines is 1. The van der Waals surface area contributed by atoms with E-state index in [-0.39, 0.29) is 22.7 Å². The Balaban J connectivity index is 1.30. The number of pyridine rings is 2. The molecule has 0 aliphatic carbocycles. The third-order valence-corrected chi connectivity index (χ3v) is 6.07. The van der Waals surface area contributed by atoms with Gasteiger partial charge < -0.3 is 19.8 Å². The lowest BCUT2D eigenvalue weighted by Crippen LogP contribution is -2.29. The third-order valence-electron chi connectivity index (χ3n) is 6.07. The van der Waals surface area contributed by atoms with Gasteiger partial charge in [0.25, 0.3) is 11.5 Å². The maximum Gasteiger partial charge on any atom is 0.271 e. The van der Waals surface area contributed by atoms with Gasteiger partial charge in [0.1, 0.15) is 28.5 Å². The molecule has 11 heteroatoms. The number of aryl methyl sites for hydroxylation is 1. The summed E-state index contributed by atoms with van der Waals surface area (Å²) < 4.78 is 41.0. The minimum Gasteiger partial charge on any atom is -0.492 e. The summed E-state index contributed by atoms with van der Waals surface area (Å²) in [5, 5.41) is 2.57. The van der Waals surface area contributed by atoms with E-state index in [9.17, 15) is 18.4 Å². The first kappa shape index (κ1) is 23.3. The van der Waals surface area contributed by atoms with Crippen LogP contribution in [0.1, 0.15) is 21.7 Å². The largest absolute Gasteiger partial charge is 0.492 e. The molecule has 0 saturated carbocycles. The van der Waals surface area contributed by atoms with Crippen LogP contribution >= 0.6 is 0 Å². The zero-order valence-electron chi connectivity index (χ0n) is 19.9. The fourth-order valence-corrected chi connectivity index (χ4v) is 4.31. The molecule has 0 unspecified atom stereocenters. The number of carbonyl (C=O) groups is 1. The molecule has 190 valence electrons. The molecule has 0 atom stereocenters. The van der Waals surface area contributed by atoms with Crippen molar-refractivity contribution < 1.29 is 23.0 Å². The number of halogens is 2. The minimum atomic E-state index is -0.763. The Labute approximate surface area is 213 Å². The predicted molar refractivity (Wildman–Crippen MR) is 134 cm³/mol. The molecule has 2 aromatic carbocycles. The summed E-state index contributed by atoms with van der Waals surface area (Å²) in [5.41, 5.74) is 1.26. The Bertz CT molecular complexity index is 1780. The van der Waals surface area contributed by atoms with Crippen molar-refractivity contribution in [3.63, 3.8) is 0 Å². The minimum absolute atomic E-state index is 0.0784. The molecule has 38 heavy (non-hydrogen) atoms. The summed E-state index contributed by atoms with van der Waals surface area (Å²) in [6, 6.07) is 10.8. The number of H-pyrrole nitrogens is 1. The van der Waals surface area contributed by atoms with Gasteiger partial charge in [-0.1, -0.05) is 0 Å². The van der Waals surface area contributed by atoms with Crippen molar-refractivity contribution in [2.75, 3.05) is 11.9 Å². The molecule has 0 spiro atoms. The number of hydrogen-bond acceptors (Lipinski definition) is 6. The van der Waals surface area contributed by atoms with E-state index in [4.69, 9.17) is 9.47 Å². The standard InChI is InChI=1S/C27H19F2N5O4/c1-14-31-23-21(8-10-30-25(23)32-14)38-20-7-4-17(12-19(20)29)33-26(35)22-24-15(9-11-37-24)13-34(27(22)36)18-5-2-16(28)3-6-18/h2-8,10,12-13H,9,11H2,1H3,(H,33,35)(H,30,31,32). The average molecular weight is 515 g/mol. The second-order valence-electron chi connectivity index (χ2n) is 8.64. The maximum absolute atomic E-state index is 15.0. The summed E-state index contributed by atoms with van der Waals surface area (Å²) >= 11 is 0. The first-order valence-electron chi connectivity index (χ1n) is 11.6. The summed E-state index contributed by atoms with van der Waals surface area (Å²) in [6.45, 7) is 2.08. The summed E-state index contributed by atoms with van der Waals surface area (Å²) in [6.07, 6.45) is 3.58. The molecular formula is C27H19F2N5O4. The Morgan fingerprint density at radius 1 is 1.13 bits per heavy atom. The molecule has 1 amide bonds. The van der Waals surface area contributed by atoms with Crippen LogP contribution < -0.4 is 20.3 Å². The average Bonchev–Trinajstić information content (AvgIpc) is 3.51. The SMILES string of the molecule is Cc1nc2nccc(Oc3ccc(NC(=O)c4c5c(cn(-c6ccc(F)cc6)c4=O)CCO5)cc3F)c2[nH]1. The van der Waals surface area contributed by atoms with Crippen LogP contribution in [0.15, 0.2) is 65.7 Å². The second-order valence-corrected chi connectivity index (χ2v) is 8.64. The van der Waals surface area contributed by atoms with Crippen LogP contribution in [0.5, 0.6) is 17.2 Å². The van der Waals surface area contributed by atoms with Crippen molar-refractivity contribution in [2.24, 2.45) is 0 Å². The summed E-state index contributed by atoms with van der Waals surface area (Å²) in [5.74, 6) is -0.870. The van der Waals surface area contributed by atoms with Crippen molar-refractivity contribution in [1.29, 1.82) is 0 Å². The van der Waals surface area contributed by atoms with E-state index >= 15 is 0 Å². The Morgan fingerprint density at radius 3 is 2.74 bits per heavy atom. The molecule has 9 nitrogen and oxygen atoms in total. The Morgan fingerprint density at radius 2 is 1.95 bits per heavy atom. The maximum atomic E-state index is 15.0. The van der Waals surface area contributed by atoms with Gasteiger partial charge in [-0.2, -0.15) is 0 Å². The van der Waals surface area contributed by atoms with Crippen molar-refractivity contribution in [2.45, 2.75) is 13.3 Å². The highest BCUT2D eigenvalue weighted by Crippen LogP contribution is 2.32. The van der Waals surface area contributed by atoms with Crippen molar-refractivity contribution in [1.82, 2.24) is 19.5 Å². The van der Waals surface area contributed by atoms with Gasteiger partial charge in [0.05, 0.1) is 6.61 Å². The fourth-order valence-electron chi connectivity index (χ4n) is 4.31. The van der Waals surface area contributed by atoms with Crippen molar-refractivity contribution in [3.8, 4) is 22.9 Å². The monoisotopic (exact) mass is 515 g/mol.